The fourth-order valence-electron chi connectivity index (χ4n) is 3.00. The lowest BCUT2D eigenvalue weighted by Gasteiger charge is -2.21. The Morgan fingerprint density at radius 1 is 1.03 bits per heavy atom. The molecule has 0 saturated heterocycles. The lowest BCUT2D eigenvalue weighted by Crippen LogP contribution is -2.38. The van der Waals surface area contributed by atoms with Crippen molar-refractivity contribution in [2.24, 2.45) is 0 Å². The van der Waals surface area contributed by atoms with Gasteiger partial charge in [-0.1, -0.05) is 30.3 Å². The Balaban J connectivity index is 1.93. The Morgan fingerprint density at radius 3 is 2.27 bits per heavy atom. The Bertz CT molecular complexity index is 877. The Morgan fingerprint density at radius 2 is 1.67 bits per heavy atom. The molecule has 162 valence electrons. The zero-order valence-electron chi connectivity index (χ0n) is 17.2. The standard InChI is InChI=1S/C22H25F3N2O3/c1-4-27(20(29)12-13-30-21-15(2)8-7-9-16(21)3)14-19(28)26-18-11-6-5-10-17(18)22(23,24)25/h5-11H,4,12-14H2,1-3H3,(H,26,28). The number of para-hydroxylation sites is 2. The number of nitrogens with one attached hydrogen (secondary N) is 1. The van der Waals surface area contributed by atoms with Gasteiger partial charge in [-0.25, -0.2) is 0 Å². The molecular weight excluding hydrogens is 397 g/mol. The van der Waals surface area contributed by atoms with Crippen molar-refractivity contribution in [2.75, 3.05) is 25.0 Å². The number of likely N-dealkylation sites (N-methyl/N-ethyl adjacent to an activating group) is 1. The molecule has 5 nitrogen and oxygen atoms in total. The highest BCUT2D eigenvalue weighted by Gasteiger charge is 2.33. The molecule has 1 N–H and O–H groups in total. The lowest BCUT2D eigenvalue weighted by molar-refractivity contribution is -0.137. The molecular formula is C22H25F3N2O3. The molecule has 2 rings (SSSR count). The van der Waals surface area contributed by atoms with Crippen LogP contribution in [0.2, 0.25) is 0 Å². The summed E-state index contributed by atoms with van der Waals surface area (Å²) in [6.45, 7) is 5.56. The molecule has 0 atom stereocenters. The molecule has 0 heterocycles. The number of halogens is 3. The van der Waals surface area contributed by atoms with Crippen molar-refractivity contribution in [3.63, 3.8) is 0 Å². The SMILES string of the molecule is CCN(CC(=O)Nc1ccccc1C(F)(F)F)C(=O)CCOc1c(C)cccc1C. The maximum absolute atomic E-state index is 13.1. The largest absolute Gasteiger partial charge is 0.493 e. The number of alkyl halides is 3. The molecule has 0 saturated carbocycles. The summed E-state index contributed by atoms with van der Waals surface area (Å²) in [4.78, 5) is 26.0. The van der Waals surface area contributed by atoms with Gasteiger partial charge in [0.25, 0.3) is 0 Å². The summed E-state index contributed by atoms with van der Waals surface area (Å²) in [5.74, 6) is -0.296. The zero-order chi connectivity index (χ0) is 22.3. The van der Waals surface area contributed by atoms with Gasteiger partial charge in [-0.2, -0.15) is 13.2 Å². The highest BCUT2D eigenvalue weighted by molar-refractivity contribution is 5.95. The summed E-state index contributed by atoms with van der Waals surface area (Å²) in [5, 5.41) is 2.25. The number of hydrogen-bond donors (Lipinski definition) is 1. The number of carbonyl (C=O) groups excluding carboxylic acids is 2. The van der Waals surface area contributed by atoms with E-state index >= 15 is 0 Å². The summed E-state index contributed by atoms with van der Waals surface area (Å²) in [5.41, 5.74) is 0.640. The number of aryl methyl sites for hydroxylation is 2. The number of benzene rings is 2. The van der Waals surface area contributed by atoms with Crippen LogP contribution in [0.5, 0.6) is 5.75 Å². The Labute approximate surface area is 173 Å². The van der Waals surface area contributed by atoms with Crippen molar-refractivity contribution >= 4 is 17.5 Å². The number of hydrogen-bond acceptors (Lipinski definition) is 3. The van der Waals surface area contributed by atoms with Gasteiger partial charge in [-0.05, 0) is 44.0 Å². The van der Waals surface area contributed by atoms with Gasteiger partial charge < -0.3 is 15.0 Å². The molecule has 2 aromatic carbocycles. The molecule has 2 amide bonds. The fraction of sp³-hybridized carbons (Fsp3) is 0.364. The molecule has 0 spiro atoms. The third-order valence-electron chi connectivity index (χ3n) is 4.55. The molecule has 0 unspecified atom stereocenters. The first-order valence-corrected chi connectivity index (χ1v) is 9.56. The Kier molecular flexibility index (Phi) is 7.86. The Hall–Kier alpha value is -3.03. The molecule has 0 bridgehead atoms. The molecule has 0 fully saturated rings. The van der Waals surface area contributed by atoms with E-state index in [2.05, 4.69) is 5.32 Å². The van der Waals surface area contributed by atoms with Crippen LogP contribution in [-0.4, -0.2) is 36.4 Å². The van der Waals surface area contributed by atoms with E-state index in [0.717, 1.165) is 22.9 Å². The van der Waals surface area contributed by atoms with Crippen molar-refractivity contribution in [1.29, 1.82) is 0 Å². The number of ether oxygens (including phenoxy) is 1. The number of nitrogens with zero attached hydrogens (tertiary/aromatic N) is 1. The molecule has 8 heteroatoms. The van der Waals surface area contributed by atoms with Crippen LogP contribution in [0.25, 0.3) is 0 Å². The minimum Gasteiger partial charge on any atom is -0.493 e. The van der Waals surface area contributed by atoms with Crippen LogP contribution >= 0.6 is 0 Å². The average Bonchev–Trinajstić information content (AvgIpc) is 2.67. The topological polar surface area (TPSA) is 58.6 Å². The van der Waals surface area contributed by atoms with Crippen molar-refractivity contribution < 1.29 is 27.5 Å². The average molecular weight is 422 g/mol. The third kappa shape index (κ3) is 6.23. The van der Waals surface area contributed by atoms with Gasteiger partial charge in [0, 0.05) is 6.54 Å². The van der Waals surface area contributed by atoms with E-state index in [4.69, 9.17) is 4.74 Å². The molecule has 0 aliphatic carbocycles. The smallest absolute Gasteiger partial charge is 0.418 e. The maximum atomic E-state index is 13.1. The van der Waals surface area contributed by atoms with Crippen LogP contribution in [0.4, 0.5) is 18.9 Å². The van der Waals surface area contributed by atoms with Crippen LogP contribution in [0.3, 0.4) is 0 Å². The lowest BCUT2D eigenvalue weighted by atomic mass is 10.1. The van der Waals surface area contributed by atoms with Crippen LogP contribution < -0.4 is 10.1 Å². The molecule has 0 aromatic heterocycles. The predicted molar refractivity (Wildman–Crippen MR) is 108 cm³/mol. The molecule has 0 radical (unpaired) electrons. The van der Waals surface area contributed by atoms with E-state index in [1.807, 2.05) is 32.0 Å². The second-order valence-electron chi connectivity index (χ2n) is 6.82. The number of amides is 2. The summed E-state index contributed by atoms with van der Waals surface area (Å²) >= 11 is 0. The summed E-state index contributed by atoms with van der Waals surface area (Å²) < 4.78 is 44.9. The first-order chi connectivity index (χ1) is 14.1. The van der Waals surface area contributed by atoms with Crippen LogP contribution in [0, 0.1) is 13.8 Å². The van der Waals surface area contributed by atoms with Crippen LogP contribution in [-0.2, 0) is 15.8 Å². The van der Waals surface area contributed by atoms with E-state index in [1.54, 1.807) is 6.92 Å². The van der Waals surface area contributed by atoms with E-state index in [1.165, 1.54) is 23.1 Å². The fourth-order valence-corrected chi connectivity index (χ4v) is 3.00. The first kappa shape index (κ1) is 23.3. The minimum absolute atomic E-state index is 0.0496. The summed E-state index contributed by atoms with van der Waals surface area (Å²) in [6, 6.07) is 10.4. The van der Waals surface area contributed by atoms with E-state index in [-0.39, 0.29) is 37.7 Å². The normalized spacial score (nSPS) is 11.1. The zero-order valence-corrected chi connectivity index (χ0v) is 17.2. The first-order valence-electron chi connectivity index (χ1n) is 9.56. The third-order valence-corrected chi connectivity index (χ3v) is 4.55. The van der Waals surface area contributed by atoms with Gasteiger partial charge in [-0.3, -0.25) is 9.59 Å². The molecule has 0 aliphatic heterocycles. The number of anilines is 1. The van der Waals surface area contributed by atoms with Gasteiger partial charge in [0.15, 0.2) is 0 Å². The second kappa shape index (κ2) is 10.1. The van der Waals surface area contributed by atoms with Gasteiger partial charge in [0.2, 0.25) is 11.8 Å². The monoisotopic (exact) mass is 422 g/mol. The summed E-state index contributed by atoms with van der Waals surface area (Å²) in [7, 11) is 0. The highest BCUT2D eigenvalue weighted by Crippen LogP contribution is 2.34. The molecule has 0 aliphatic rings. The van der Waals surface area contributed by atoms with Crippen LogP contribution in [0.1, 0.15) is 30.0 Å². The van der Waals surface area contributed by atoms with Crippen LogP contribution in [0.15, 0.2) is 42.5 Å². The van der Waals surface area contributed by atoms with E-state index in [9.17, 15) is 22.8 Å². The van der Waals surface area contributed by atoms with Crippen molar-refractivity contribution in [1.82, 2.24) is 4.90 Å². The van der Waals surface area contributed by atoms with Crippen molar-refractivity contribution in [2.45, 2.75) is 33.4 Å². The maximum Gasteiger partial charge on any atom is 0.418 e. The van der Waals surface area contributed by atoms with Gasteiger partial charge in [-0.15, -0.1) is 0 Å². The van der Waals surface area contributed by atoms with E-state index < -0.39 is 17.6 Å². The molecule has 2 aromatic rings. The van der Waals surface area contributed by atoms with Crippen molar-refractivity contribution in [3.8, 4) is 5.75 Å². The number of rotatable bonds is 8. The van der Waals surface area contributed by atoms with Crippen molar-refractivity contribution in [3.05, 3.63) is 59.2 Å². The van der Waals surface area contributed by atoms with Gasteiger partial charge in [0.05, 0.1) is 30.8 Å². The summed E-state index contributed by atoms with van der Waals surface area (Å²) in [6.07, 6.45) is -4.54. The predicted octanol–water partition coefficient (Wildman–Crippen LogP) is 4.58. The number of carbonyl (C=O) groups is 2. The molecule has 30 heavy (non-hydrogen) atoms. The minimum atomic E-state index is -4.59. The van der Waals surface area contributed by atoms with Gasteiger partial charge in [0.1, 0.15) is 5.75 Å². The quantitative estimate of drug-likeness (QED) is 0.678. The highest BCUT2D eigenvalue weighted by atomic mass is 19.4. The van der Waals surface area contributed by atoms with E-state index in [0.29, 0.717) is 0 Å². The van der Waals surface area contributed by atoms with Gasteiger partial charge >= 0.3 is 6.18 Å². The second-order valence-corrected chi connectivity index (χ2v) is 6.82.